The molecule has 2 heteroatoms. The maximum Gasteiger partial charge on any atom is 0.119 e. The summed E-state index contributed by atoms with van der Waals surface area (Å²) < 4.78 is 5.85. The molecule has 0 radical (unpaired) electrons. The molecule has 0 unspecified atom stereocenters. The van der Waals surface area contributed by atoms with Gasteiger partial charge in [-0.15, -0.1) is 0 Å². The van der Waals surface area contributed by atoms with Gasteiger partial charge in [-0.1, -0.05) is 6.07 Å². The van der Waals surface area contributed by atoms with Crippen molar-refractivity contribution in [1.82, 2.24) is 0 Å². The molecule has 0 aromatic heterocycles. The van der Waals surface area contributed by atoms with E-state index < -0.39 is 0 Å². The number of ether oxygens (including phenoxy) is 1. The molecule has 1 aromatic rings. The van der Waals surface area contributed by atoms with E-state index in [0.717, 1.165) is 12.4 Å². The van der Waals surface area contributed by atoms with Crippen molar-refractivity contribution in [3.05, 3.63) is 29.3 Å². The lowest BCUT2D eigenvalue weighted by molar-refractivity contribution is -0.905. The summed E-state index contributed by atoms with van der Waals surface area (Å²) in [5.41, 5.74) is 2.57. The quantitative estimate of drug-likeness (QED) is 0.788. The van der Waals surface area contributed by atoms with Gasteiger partial charge in [0.2, 0.25) is 0 Å². The molecule has 1 aliphatic heterocycles. The van der Waals surface area contributed by atoms with Crippen LogP contribution in [0.3, 0.4) is 0 Å². The molecule has 1 heterocycles. The van der Waals surface area contributed by atoms with Crippen LogP contribution in [0.2, 0.25) is 0 Å². The summed E-state index contributed by atoms with van der Waals surface area (Å²) in [5, 5.41) is 0. The van der Waals surface area contributed by atoms with E-state index in [1.165, 1.54) is 56.4 Å². The fourth-order valence-corrected chi connectivity index (χ4v) is 2.83. The number of quaternary nitrogens is 1. The topological polar surface area (TPSA) is 13.7 Å². The fraction of sp³-hybridized carbons (Fsp3) is 0.625. The Kier molecular flexibility index (Phi) is 5.06. The predicted molar refractivity (Wildman–Crippen MR) is 75.4 cm³/mol. The van der Waals surface area contributed by atoms with Crippen molar-refractivity contribution < 1.29 is 9.64 Å². The number of hydrogen-bond acceptors (Lipinski definition) is 1. The van der Waals surface area contributed by atoms with Gasteiger partial charge in [0.1, 0.15) is 5.75 Å². The molecule has 0 aliphatic carbocycles. The second kappa shape index (κ2) is 6.79. The monoisotopic (exact) mass is 248 g/mol. The highest BCUT2D eigenvalue weighted by molar-refractivity contribution is 5.32. The van der Waals surface area contributed by atoms with Crippen LogP contribution in [-0.2, 0) is 0 Å². The van der Waals surface area contributed by atoms with Gasteiger partial charge in [-0.2, -0.15) is 0 Å². The van der Waals surface area contributed by atoms with Gasteiger partial charge in [0.05, 0.1) is 26.2 Å². The van der Waals surface area contributed by atoms with E-state index >= 15 is 0 Å². The van der Waals surface area contributed by atoms with Gasteiger partial charge in [0.25, 0.3) is 0 Å². The molecule has 18 heavy (non-hydrogen) atoms. The van der Waals surface area contributed by atoms with Crippen LogP contribution in [0.25, 0.3) is 0 Å². The highest BCUT2D eigenvalue weighted by Gasteiger charge is 2.12. The molecule has 1 N–H and O–H groups in total. The maximum atomic E-state index is 5.85. The van der Waals surface area contributed by atoms with Crippen LogP contribution in [0.4, 0.5) is 0 Å². The summed E-state index contributed by atoms with van der Waals surface area (Å²) in [6.45, 7) is 9.10. The van der Waals surface area contributed by atoms with E-state index in [0.29, 0.717) is 0 Å². The Hall–Kier alpha value is -1.02. The number of aryl methyl sites for hydroxylation is 2. The van der Waals surface area contributed by atoms with Gasteiger partial charge in [-0.25, -0.2) is 0 Å². The Labute approximate surface area is 111 Å². The van der Waals surface area contributed by atoms with Gasteiger partial charge in [-0.05, 0) is 56.4 Å². The van der Waals surface area contributed by atoms with Crippen LogP contribution in [0.15, 0.2) is 18.2 Å². The smallest absolute Gasteiger partial charge is 0.119 e. The normalized spacial score (nSPS) is 16.8. The molecule has 1 aromatic carbocycles. The van der Waals surface area contributed by atoms with E-state index in [4.69, 9.17) is 4.74 Å². The molecule has 2 rings (SSSR count). The Morgan fingerprint density at radius 1 is 1.00 bits per heavy atom. The molecule has 1 fully saturated rings. The van der Waals surface area contributed by atoms with E-state index in [-0.39, 0.29) is 0 Å². The Morgan fingerprint density at radius 3 is 2.33 bits per heavy atom. The number of benzene rings is 1. The minimum Gasteiger partial charge on any atom is -0.493 e. The van der Waals surface area contributed by atoms with Crippen LogP contribution >= 0.6 is 0 Å². The standard InChI is InChI=1S/C16H25NO/c1-14-11-15(2)13-16(12-14)18-10-6-9-17-7-4-3-5-8-17/h11-13H,3-10H2,1-2H3/p+1. The summed E-state index contributed by atoms with van der Waals surface area (Å²) in [4.78, 5) is 1.77. The largest absolute Gasteiger partial charge is 0.493 e. The molecule has 2 nitrogen and oxygen atoms in total. The highest BCUT2D eigenvalue weighted by atomic mass is 16.5. The zero-order valence-corrected chi connectivity index (χ0v) is 11.8. The van der Waals surface area contributed by atoms with Crippen LogP contribution in [0.5, 0.6) is 5.75 Å². The third kappa shape index (κ3) is 4.34. The van der Waals surface area contributed by atoms with Crippen molar-refractivity contribution in [1.29, 1.82) is 0 Å². The van der Waals surface area contributed by atoms with E-state index in [1.807, 2.05) is 0 Å². The van der Waals surface area contributed by atoms with Gasteiger partial charge < -0.3 is 9.64 Å². The lowest BCUT2D eigenvalue weighted by Crippen LogP contribution is -3.12. The second-order valence-corrected chi connectivity index (χ2v) is 5.59. The number of nitrogens with one attached hydrogen (secondary N) is 1. The lowest BCUT2D eigenvalue weighted by Gasteiger charge is -2.23. The summed E-state index contributed by atoms with van der Waals surface area (Å²) in [7, 11) is 0. The summed E-state index contributed by atoms with van der Waals surface area (Å²) in [5.74, 6) is 1.03. The molecular formula is C16H26NO+. The molecule has 0 atom stereocenters. The number of likely N-dealkylation sites (tertiary alicyclic amines) is 1. The van der Waals surface area contributed by atoms with Crippen molar-refractivity contribution in [2.24, 2.45) is 0 Å². The number of piperidine rings is 1. The first-order chi connectivity index (χ1) is 8.74. The highest BCUT2D eigenvalue weighted by Crippen LogP contribution is 2.16. The van der Waals surface area contributed by atoms with E-state index in [1.54, 1.807) is 4.90 Å². The zero-order valence-electron chi connectivity index (χ0n) is 11.8. The Balaban J connectivity index is 1.68. The van der Waals surface area contributed by atoms with Gasteiger partial charge in [0.15, 0.2) is 0 Å². The summed E-state index contributed by atoms with van der Waals surface area (Å²) >= 11 is 0. The Morgan fingerprint density at radius 2 is 1.67 bits per heavy atom. The first kappa shape index (κ1) is 13.4. The van der Waals surface area contributed by atoms with E-state index in [9.17, 15) is 0 Å². The van der Waals surface area contributed by atoms with Gasteiger partial charge in [0, 0.05) is 6.42 Å². The molecular weight excluding hydrogens is 222 g/mol. The van der Waals surface area contributed by atoms with Gasteiger partial charge in [-0.3, -0.25) is 0 Å². The van der Waals surface area contributed by atoms with Crippen LogP contribution < -0.4 is 9.64 Å². The minimum atomic E-state index is 0.854. The maximum absolute atomic E-state index is 5.85. The molecule has 0 amide bonds. The minimum absolute atomic E-state index is 0.854. The third-order valence-electron chi connectivity index (χ3n) is 3.70. The number of rotatable bonds is 5. The average molecular weight is 248 g/mol. The predicted octanol–water partition coefficient (Wildman–Crippen LogP) is 2.14. The Bertz CT molecular complexity index is 349. The second-order valence-electron chi connectivity index (χ2n) is 5.59. The molecule has 0 bridgehead atoms. The molecule has 100 valence electrons. The molecule has 0 saturated carbocycles. The lowest BCUT2D eigenvalue weighted by atomic mass is 10.1. The number of hydrogen-bond donors (Lipinski definition) is 1. The molecule has 1 saturated heterocycles. The first-order valence-corrected chi connectivity index (χ1v) is 7.29. The fourth-order valence-electron chi connectivity index (χ4n) is 2.83. The van der Waals surface area contributed by atoms with Crippen LogP contribution in [0.1, 0.15) is 36.8 Å². The first-order valence-electron chi connectivity index (χ1n) is 7.29. The summed E-state index contributed by atoms with van der Waals surface area (Å²) in [6, 6.07) is 6.44. The van der Waals surface area contributed by atoms with Crippen molar-refractivity contribution in [2.45, 2.75) is 39.5 Å². The average Bonchev–Trinajstić information content (AvgIpc) is 2.35. The van der Waals surface area contributed by atoms with Gasteiger partial charge >= 0.3 is 0 Å². The SMILES string of the molecule is Cc1cc(C)cc(OCCC[NH+]2CCCCC2)c1. The van der Waals surface area contributed by atoms with E-state index in [2.05, 4.69) is 32.0 Å². The van der Waals surface area contributed by atoms with Crippen molar-refractivity contribution in [3.63, 3.8) is 0 Å². The summed E-state index contributed by atoms with van der Waals surface area (Å²) in [6.07, 6.45) is 5.42. The zero-order chi connectivity index (χ0) is 12.8. The molecule has 0 spiro atoms. The van der Waals surface area contributed by atoms with Crippen LogP contribution in [0, 0.1) is 13.8 Å². The van der Waals surface area contributed by atoms with Crippen molar-refractivity contribution in [2.75, 3.05) is 26.2 Å². The van der Waals surface area contributed by atoms with Crippen LogP contribution in [-0.4, -0.2) is 26.2 Å². The van der Waals surface area contributed by atoms with Crippen molar-refractivity contribution in [3.8, 4) is 5.75 Å². The van der Waals surface area contributed by atoms with Crippen molar-refractivity contribution >= 4 is 0 Å². The third-order valence-corrected chi connectivity index (χ3v) is 3.70. The molecule has 1 aliphatic rings.